The molecule has 65 heavy (non-hydrogen) atoms. The van der Waals surface area contributed by atoms with Crippen molar-refractivity contribution in [1.82, 2.24) is 5.32 Å². The van der Waals surface area contributed by atoms with E-state index in [9.17, 15) is 40.5 Å². The van der Waals surface area contributed by atoms with E-state index in [1.807, 2.05) is 0 Å². The molecule has 0 bridgehead atoms. The van der Waals surface area contributed by atoms with Crippen LogP contribution in [-0.2, 0) is 14.3 Å². The minimum absolute atomic E-state index is 0.264. The molecule has 1 rings (SSSR count). The lowest BCUT2D eigenvalue weighted by molar-refractivity contribution is -0.303. The summed E-state index contributed by atoms with van der Waals surface area (Å²) in [5, 5.41) is 75.8. The Hall–Kier alpha value is -0.890. The maximum Gasteiger partial charge on any atom is 0.249 e. The number of ether oxygens (including phenoxy) is 2. The minimum atomic E-state index is -1.66. The van der Waals surface area contributed by atoms with Crippen molar-refractivity contribution in [2.75, 3.05) is 13.2 Å². The third-order valence-corrected chi connectivity index (χ3v) is 13.9. The fraction of sp³-hybridized carbons (Fsp3) is 0.981. The molecule has 1 aliphatic rings. The maximum absolute atomic E-state index is 13.1. The maximum atomic E-state index is 13.1. The second-order valence-corrected chi connectivity index (χ2v) is 20.0. The standard InChI is InChI=1S/C54H107NO10/c1-3-5-7-9-11-13-14-15-16-17-18-19-20-21-22-23-24-25-26-27-28-29-30-31-32-34-35-37-39-41-46(57)49(59)45(44-64-54-52(62)51(61)50(60)48(43-56)65-54)55-53(63)47(58)42-40-38-36-33-12-10-8-6-4-2/h45-52,54,56-62H,3-44H2,1-2H3,(H,55,63). The third-order valence-electron chi connectivity index (χ3n) is 13.9. The molecule has 1 saturated heterocycles. The summed E-state index contributed by atoms with van der Waals surface area (Å²) in [6.45, 7) is 3.44. The van der Waals surface area contributed by atoms with E-state index in [-0.39, 0.29) is 6.42 Å². The van der Waals surface area contributed by atoms with Gasteiger partial charge in [-0.25, -0.2) is 0 Å². The highest BCUT2D eigenvalue weighted by atomic mass is 16.7. The lowest BCUT2D eigenvalue weighted by Gasteiger charge is -2.40. The fourth-order valence-electron chi connectivity index (χ4n) is 9.33. The number of aliphatic hydroxyl groups excluding tert-OH is 7. The van der Waals surface area contributed by atoms with Gasteiger partial charge in [0.25, 0.3) is 0 Å². The molecule has 1 fully saturated rings. The zero-order chi connectivity index (χ0) is 47.6. The lowest BCUT2D eigenvalue weighted by atomic mass is 9.98. The minimum Gasteiger partial charge on any atom is -0.394 e. The predicted octanol–water partition coefficient (Wildman–Crippen LogP) is 11.0. The van der Waals surface area contributed by atoms with Gasteiger partial charge >= 0.3 is 0 Å². The number of carbonyl (C=O) groups excluding carboxylic acids is 1. The first-order chi connectivity index (χ1) is 31.7. The summed E-state index contributed by atoms with van der Waals surface area (Å²) in [6, 6.07) is -1.16. The summed E-state index contributed by atoms with van der Waals surface area (Å²) >= 11 is 0. The molecule has 0 aromatic carbocycles. The first-order valence-corrected chi connectivity index (χ1v) is 27.9. The van der Waals surface area contributed by atoms with Gasteiger partial charge < -0.3 is 50.5 Å². The van der Waals surface area contributed by atoms with Crippen molar-refractivity contribution in [3.8, 4) is 0 Å². The highest BCUT2D eigenvalue weighted by Gasteiger charge is 2.44. The molecule has 11 heteroatoms. The largest absolute Gasteiger partial charge is 0.394 e. The monoisotopic (exact) mass is 930 g/mol. The van der Waals surface area contributed by atoms with Crippen LogP contribution < -0.4 is 5.32 Å². The Kier molecular flexibility index (Phi) is 42.4. The lowest BCUT2D eigenvalue weighted by Crippen LogP contribution is -2.60. The molecule has 0 spiro atoms. The van der Waals surface area contributed by atoms with Crippen LogP contribution in [0.15, 0.2) is 0 Å². The summed E-state index contributed by atoms with van der Waals surface area (Å²) in [7, 11) is 0. The van der Waals surface area contributed by atoms with Gasteiger partial charge in [-0.2, -0.15) is 0 Å². The van der Waals surface area contributed by atoms with E-state index >= 15 is 0 Å². The third kappa shape index (κ3) is 33.3. The molecule has 388 valence electrons. The smallest absolute Gasteiger partial charge is 0.249 e. The number of rotatable bonds is 48. The van der Waals surface area contributed by atoms with Gasteiger partial charge in [0.15, 0.2) is 6.29 Å². The highest BCUT2D eigenvalue weighted by Crippen LogP contribution is 2.23. The molecule has 0 aromatic rings. The molecule has 1 aliphatic heterocycles. The Morgan fingerprint density at radius 2 is 0.800 bits per heavy atom. The van der Waals surface area contributed by atoms with Crippen molar-refractivity contribution in [1.29, 1.82) is 0 Å². The summed E-state index contributed by atoms with van der Waals surface area (Å²) in [4.78, 5) is 13.1. The van der Waals surface area contributed by atoms with Crippen LogP contribution in [0.25, 0.3) is 0 Å². The van der Waals surface area contributed by atoms with Crippen LogP contribution >= 0.6 is 0 Å². The molecule has 11 nitrogen and oxygen atoms in total. The van der Waals surface area contributed by atoms with Crippen LogP contribution in [0.2, 0.25) is 0 Å². The number of hydrogen-bond donors (Lipinski definition) is 8. The van der Waals surface area contributed by atoms with Gasteiger partial charge in [-0.1, -0.05) is 258 Å². The number of amides is 1. The van der Waals surface area contributed by atoms with Gasteiger partial charge in [0.05, 0.1) is 25.4 Å². The van der Waals surface area contributed by atoms with Crippen molar-refractivity contribution in [3.63, 3.8) is 0 Å². The molecule has 1 heterocycles. The topological polar surface area (TPSA) is 189 Å². The molecule has 8 N–H and O–H groups in total. The first kappa shape index (κ1) is 62.1. The Morgan fingerprint density at radius 1 is 0.477 bits per heavy atom. The normalized spacial score (nSPS) is 20.8. The van der Waals surface area contributed by atoms with Gasteiger partial charge in [-0.3, -0.25) is 4.79 Å². The molecule has 9 unspecified atom stereocenters. The van der Waals surface area contributed by atoms with Gasteiger partial charge in [0.1, 0.15) is 36.6 Å². The molecule has 0 radical (unpaired) electrons. The molecular formula is C54H107NO10. The Bertz CT molecular complexity index is 1020. The summed E-state index contributed by atoms with van der Waals surface area (Å²) in [6.07, 6.45) is 37.6. The van der Waals surface area contributed by atoms with Gasteiger partial charge in [-0.05, 0) is 12.8 Å². The van der Waals surface area contributed by atoms with E-state index in [1.165, 1.54) is 193 Å². The van der Waals surface area contributed by atoms with Crippen molar-refractivity contribution in [2.24, 2.45) is 0 Å². The second-order valence-electron chi connectivity index (χ2n) is 20.0. The quantitative estimate of drug-likeness (QED) is 0.0273. The summed E-state index contributed by atoms with van der Waals surface area (Å²) < 4.78 is 11.1. The number of aliphatic hydroxyl groups is 7. The van der Waals surface area contributed by atoms with Crippen LogP contribution in [0.5, 0.6) is 0 Å². The highest BCUT2D eigenvalue weighted by molar-refractivity contribution is 5.80. The van der Waals surface area contributed by atoms with E-state index in [0.29, 0.717) is 19.3 Å². The number of unbranched alkanes of at least 4 members (excludes halogenated alkanes) is 36. The number of carbonyl (C=O) groups is 1. The Labute approximate surface area is 399 Å². The van der Waals surface area contributed by atoms with Gasteiger partial charge in [0.2, 0.25) is 5.91 Å². The zero-order valence-corrected chi connectivity index (χ0v) is 42.2. The van der Waals surface area contributed by atoms with Crippen LogP contribution in [0, 0.1) is 0 Å². The van der Waals surface area contributed by atoms with E-state index < -0.39 is 74.2 Å². The Morgan fingerprint density at radius 3 is 1.14 bits per heavy atom. The van der Waals surface area contributed by atoms with Crippen molar-refractivity contribution in [3.05, 3.63) is 0 Å². The van der Waals surface area contributed by atoms with E-state index in [2.05, 4.69) is 19.2 Å². The zero-order valence-electron chi connectivity index (χ0n) is 42.2. The van der Waals surface area contributed by atoms with Crippen LogP contribution in [0.4, 0.5) is 0 Å². The molecular weight excluding hydrogens is 823 g/mol. The molecule has 1 amide bonds. The van der Waals surface area contributed by atoms with E-state index in [0.717, 1.165) is 38.5 Å². The van der Waals surface area contributed by atoms with Crippen molar-refractivity contribution in [2.45, 2.75) is 326 Å². The average molecular weight is 930 g/mol. The second kappa shape index (κ2) is 44.3. The molecule has 9 atom stereocenters. The number of hydrogen-bond acceptors (Lipinski definition) is 10. The van der Waals surface area contributed by atoms with Crippen molar-refractivity contribution < 1.29 is 50.0 Å². The Balaban J connectivity index is 2.19. The molecule has 0 aromatic heterocycles. The van der Waals surface area contributed by atoms with E-state index in [1.54, 1.807) is 0 Å². The van der Waals surface area contributed by atoms with Crippen LogP contribution in [0.1, 0.15) is 271 Å². The number of nitrogens with one attached hydrogen (secondary N) is 1. The van der Waals surface area contributed by atoms with Crippen LogP contribution in [0.3, 0.4) is 0 Å². The van der Waals surface area contributed by atoms with Crippen molar-refractivity contribution >= 4 is 5.91 Å². The summed E-state index contributed by atoms with van der Waals surface area (Å²) in [5.41, 5.74) is 0. The average Bonchev–Trinajstić information content (AvgIpc) is 3.31. The fourth-order valence-corrected chi connectivity index (χ4v) is 9.33. The first-order valence-electron chi connectivity index (χ1n) is 27.9. The molecule has 0 saturated carbocycles. The SMILES string of the molecule is CCCCCCCCCCCCCCCCCCCCCCCCCCCCCCCC(O)C(O)C(COC1OC(CO)C(O)C(O)C1O)NC(=O)C(O)CCCCCCCCCCC. The van der Waals surface area contributed by atoms with Gasteiger partial charge in [-0.15, -0.1) is 0 Å². The van der Waals surface area contributed by atoms with E-state index in [4.69, 9.17) is 9.47 Å². The molecule has 0 aliphatic carbocycles. The predicted molar refractivity (Wildman–Crippen MR) is 266 cm³/mol. The van der Waals surface area contributed by atoms with Gasteiger partial charge in [0, 0.05) is 0 Å². The van der Waals surface area contributed by atoms with Crippen LogP contribution in [-0.4, -0.2) is 110 Å². The summed E-state index contributed by atoms with van der Waals surface area (Å²) in [5.74, 6) is -0.695.